The number of aromatic nitrogens is 2. The van der Waals surface area contributed by atoms with E-state index in [9.17, 15) is 13.2 Å². The third kappa shape index (κ3) is 3.22. The van der Waals surface area contributed by atoms with Crippen LogP contribution in [-0.4, -0.2) is 24.5 Å². The number of nitrogens with two attached hydrogens (primary N) is 1. The van der Waals surface area contributed by atoms with Crippen molar-refractivity contribution in [1.29, 1.82) is 0 Å². The molecule has 1 aromatic carbocycles. The second-order valence-corrected chi connectivity index (χ2v) is 6.29. The number of para-hydroxylation sites is 1. The van der Waals surface area contributed by atoms with Crippen molar-refractivity contribution in [3.63, 3.8) is 0 Å². The topological polar surface area (TPSA) is 118 Å². The van der Waals surface area contributed by atoms with Crippen molar-refractivity contribution in [2.24, 2.45) is 5.73 Å². The summed E-state index contributed by atoms with van der Waals surface area (Å²) in [5.74, 6) is -0.530. The van der Waals surface area contributed by atoms with E-state index in [-0.39, 0.29) is 11.3 Å². The van der Waals surface area contributed by atoms with Gasteiger partial charge in [0.25, 0.3) is 10.0 Å². The molecular weight excluding hydrogens is 292 g/mol. The van der Waals surface area contributed by atoms with Crippen molar-refractivity contribution in [3.05, 3.63) is 41.2 Å². The number of anilines is 1. The van der Waals surface area contributed by atoms with E-state index < -0.39 is 15.9 Å². The number of hydrogen-bond donors (Lipinski definition) is 3. The molecule has 0 atom stereocenters. The molecule has 2 rings (SSSR count). The number of carbonyl (C=O) groups excluding carboxylic acids is 1. The zero-order valence-electron chi connectivity index (χ0n) is 11.7. The van der Waals surface area contributed by atoms with E-state index in [0.717, 1.165) is 0 Å². The van der Waals surface area contributed by atoms with Crippen molar-refractivity contribution in [2.45, 2.75) is 25.2 Å². The number of rotatable bonds is 5. The molecule has 0 aliphatic heterocycles. The fourth-order valence-electron chi connectivity index (χ4n) is 2.09. The number of amides is 1. The Kier molecular flexibility index (Phi) is 3.99. The fourth-order valence-corrected chi connectivity index (χ4v) is 3.57. The molecule has 0 unspecified atom stereocenters. The SMILES string of the molecule is Cc1n[nH]c(C)c1S(=O)(=O)Nc1ccccc1CC(N)=O. The van der Waals surface area contributed by atoms with Gasteiger partial charge < -0.3 is 5.73 Å². The Labute approximate surface area is 122 Å². The average molecular weight is 308 g/mol. The van der Waals surface area contributed by atoms with E-state index in [0.29, 0.717) is 22.6 Å². The number of H-pyrrole nitrogens is 1. The highest BCUT2D eigenvalue weighted by molar-refractivity contribution is 7.92. The first-order valence-corrected chi connectivity index (χ1v) is 7.70. The maximum Gasteiger partial charge on any atom is 0.265 e. The molecule has 1 heterocycles. The number of aromatic amines is 1. The molecule has 112 valence electrons. The Hall–Kier alpha value is -2.35. The standard InChI is InChI=1S/C13H16N4O3S/c1-8-13(9(2)16-15-8)21(19,20)17-11-6-4-3-5-10(11)7-12(14)18/h3-6,17H,7H2,1-2H3,(H2,14,18)(H,15,16). The van der Waals surface area contributed by atoms with Gasteiger partial charge in [0.2, 0.25) is 5.91 Å². The normalized spacial score (nSPS) is 11.3. The number of benzene rings is 1. The van der Waals surface area contributed by atoms with Crippen LogP contribution in [0.15, 0.2) is 29.2 Å². The fraction of sp³-hybridized carbons (Fsp3) is 0.231. The molecule has 0 fully saturated rings. The van der Waals surface area contributed by atoms with Crippen LogP contribution in [0.4, 0.5) is 5.69 Å². The van der Waals surface area contributed by atoms with Crippen LogP contribution < -0.4 is 10.5 Å². The van der Waals surface area contributed by atoms with Gasteiger partial charge in [-0.1, -0.05) is 18.2 Å². The van der Waals surface area contributed by atoms with Gasteiger partial charge in [-0.25, -0.2) is 8.42 Å². The number of nitrogens with zero attached hydrogens (tertiary/aromatic N) is 1. The van der Waals surface area contributed by atoms with Crippen LogP contribution in [0.2, 0.25) is 0 Å². The Morgan fingerprint density at radius 1 is 1.33 bits per heavy atom. The molecule has 0 bridgehead atoms. The number of hydrogen-bond acceptors (Lipinski definition) is 4. The first-order valence-electron chi connectivity index (χ1n) is 6.22. The highest BCUT2D eigenvalue weighted by Crippen LogP contribution is 2.23. The number of carbonyl (C=O) groups is 1. The molecule has 1 amide bonds. The van der Waals surface area contributed by atoms with Crippen molar-refractivity contribution >= 4 is 21.6 Å². The predicted molar refractivity (Wildman–Crippen MR) is 78.2 cm³/mol. The van der Waals surface area contributed by atoms with Crippen molar-refractivity contribution < 1.29 is 13.2 Å². The minimum atomic E-state index is -3.79. The summed E-state index contributed by atoms with van der Waals surface area (Å²) >= 11 is 0. The maximum atomic E-state index is 12.5. The van der Waals surface area contributed by atoms with E-state index in [2.05, 4.69) is 14.9 Å². The van der Waals surface area contributed by atoms with E-state index in [1.165, 1.54) is 0 Å². The summed E-state index contributed by atoms with van der Waals surface area (Å²) in [4.78, 5) is 11.2. The molecular formula is C13H16N4O3S. The summed E-state index contributed by atoms with van der Waals surface area (Å²) < 4.78 is 27.4. The lowest BCUT2D eigenvalue weighted by Gasteiger charge is -2.11. The van der Waals surface area contributed by atoms with Crippen LogP contribution >= 0.6 is 0 Å². The van der Waals surface area contributed by atoms with Gasteiger partial charge in [-0.05, 0) is 25.5 Å². The van der Waals surface area contributed by atoms with Gasteiger partial charge in [0.15, 0.2) is 0 Å². The summed E-state index contributed by atoms with van der Waals surface area (Å²) in [5, 5.41) is 6.51. The summed E-state index contributed by atoms with van der Waals surface area (Å²) in [7, 11) is -3.79. The molecule has 21 heavy (non-hydrogen) atoms. The quantitative estimate of drug-likeness (QED) is 0.759. The lowest BCUT2D eigenvalue weighted by atomic mass is 10.1. The molecule has 0 spiro atoms. The van der Waals surface area contributed by atoms with Gasteiger partial charge >= 0.3 is 0 Å². The number of nitrogens with one attached hydrogen (secondary N) is 2. The number of aryl methyl sites for hydroxylation is 2. The molecule has 0 aliphatic carbocycles. The van der Waals surface area contributed by atoms with E-state index in [1.54, 1.807) is 38.1 Å². The van der Waals surface area contributed by atoms with Crippen LogP contribution in [0.3, 0.4) is 0 Å². The molecule has 4 N–H and O–H groups in total. The van der Waals surface area contributed by atoms with Gasteiger partial charge in [-0.3, -0.25) is 14.6 Å². The van der Waals surface area contributed by atoms with Gasteiger partial charge in [0.05, 0.1) is 23.5 Å². The van der Waals surface area contributed by atoms with Gasteiger partial charge in [0, 0.05) is 0 Å². The van der Waals surface area contributed by atoms with Crippen LogP contribution in [0.1, 0.15) is 17.0 Å². The van der Waals surface area contributed by atoms with Crippen LogP contribution in [0.25, 0.3) is 0 Å². The van der Waals surface area contributed by atoms with Crippen molar-refractivity contribution in [1.82, 2.24) is 10.2 Å². The molecule has 8 heteroatoms. The van der Waals surface area contributed by atoms with E-state index in [4.69, 9.17) is 5.73 Å². The second kappa shape index (κ2) is 5.57. The lowest BCUT2D eigenvalue weighted by molar-refractivity contribution is -0.117. The highest BCUT2D eigenvalue weighted by atomic mass is 32.2. The Balaban J connectivity index is 2.40. The molecule has 7 nitrogen and oxygen atoms in total. The van der Waals surface area contributed by atoms with Crippen LogP contribution in [0.5, 0.6) is 0 Å². The summed E-state index contributed by atoms with van der Waals surface area (Å²) in [5.41, 5.74) is 6.85. The minimum Gasteiger partial charge on any atom is -0.369 e. The Morgan fingerprint density at radius 2 is 2.00 bits per heavy atom. The summed E-state index contributed by atoms with van der Waals surface area (Å²) in [6.07, 6.45) is -0.0396. The smallest absolute Gasteiger partial charge is 0.265 e. The number of primary amides is 1. The van der Waals surface area contributed by atoms with Crippen molar-refractivity contribution in [2.75, 3.05) is 4.72 Å². The summed E-state index contributed by atoms with van der Waals surface area (Å²) in [6.45, 7) is 3.23. The molecule has 0 saturated carbocycles. The maximum absolute atomic E-state index is 12.5. The zero-order valence-corrected chi connectivity index (χ0v) is 12.5. The predicted octanol–water partition coefficient (Wildman–Crippen LogP) is 0.855. The zero-order chi connectivity index (χ0) is 15.6. The van der Waals surface area contributed by atoms with Crippen molar-refractivity contribution in [3.8, 4) is 0 Å². The Morgan fingerprint density at radius 3 is 2.57 bits per heavy atom. The monoisotopic (exact) mass is 308 g/mol. The van der Waals surface area contributed by atoms with Gasteiger partial charge in [-0.15, -0.1) is 0 Å². The first-order chi connectivity index (χ1) is 9.81. The lowest BCUT2D eigenvalue weighted by Crippen LogP contribution is -2.18. The van der Waals surface area contributed by atoms with E-state index in [1.807, 2.05) is 0 Å². The second-order valence-electron chi connectivity index (χ2n) is 4.67. The van der Waals surface area contributed by atoms with Crippen LogP contribution in [-0.2, 0) is 21.2 Å². The molecule has 0 aliphatic rings. The molecule has 2 aromatic rings. The summed E-state index contributed by atoms with van der Waals surface area (Å²) in [6, 6.07) is 6.63. The largest absolute Gasteiger partial charge is 0.369 e. The first kappa shape index (κ1) is 15.0. The Bertz CT molecular complexity index is 761. The average Bonchev–Trinajstić information content (AvgIpc) is 2.71. The number of sulfonamides is 1. The highest BCUT2D eigenvalue weighted by Gasteiger charge is 2.23. The van der Waals surface area contributed by atoms with Crippen LogP contribution in [0, 0.1) is 13.8 Å². The minimum absolute atomic E-state index is 0.0396. The van der Waals surface area contributed by atoms with Gasteiger partial charge in [0.1, 0.15) is 4.90 Å². The van der Waals surface area contributed by atoms with Gasteiger partial charge in [-0.2, -0.15) is 5.10 Å². The van der Waals surface area contributed by atoms with E-state index >= 15 is 0 Å². The molecule has 0 radical (unpaired) electrons. The third-order valence-electron chi connectivity index (χ3n) is 2.96. The third-order valence-corrected chi connectivity index (χ3v) is 4.58. The molecule has 1 aromatic heterocycles. The molecule has 0 saturated heterocycles.